The van der Waals surface area contributed by atoms with Gasteiger partial charge in [-0.2, -0.15) is 0 Å². The van der Waals surface area contributed by atoms with E-state index < -0.39 is 6.10 Å². The Kier molecular flexibility index (Phi) is 17.6. The number of ether oxygens (including phenoxy) is 3. The van der Waals surface area contributed by atoms with E-state index in [1.165, 1.54) is 25.1 Å². The highest BCUT2D eigenvalue weighted by atomic mass is 16.7. The summed E-state index contributed by atoms with van der Waals surface area (Å²) < 4.78 is 15.2. The molecule has 0 aliphatic heterocycles. The largest absolute Gasteiger partial charge is 0.504 e. The first-order valence-electron chi connectivity index (χ1n) is 8.29. The SMILES string of the molecule is CC(O)CO.CCOC(C)OCC.CCOc1cc(C=O)ccc1O. The molecule has 1 aromatic carbocycles. The van der Waals surface area contributed by atoms with E-state index >= 15 is 0 Å². The maximum Gasteiger partial charge on any atom is 0.161 e. The fraction of sp³-hybridized carbons (Fsp3) is 0.611. The number of hydrogen-bond donors (Lipinski definition) is 3. The highest BCUT2D eigenvalue weighted by molar-refractivity contribution is 5.76. The number of aldehydes is 1. The van der Waals surface area contributed by atoms with E-state index in [0.717, 1.165) is 13.2 Å². The summed E-state index contributed by atoms with van der Waals surface area (Å²) in [7, 11) is 0. The number of carbonyl (C=O) groups is 1. The maximum absolute atomic E-state index is 10.3. The molecule has 0 aliphatic carbocycles. The zero-order chi connectivity index (χ0) is 19.7. The summed E-state index contributed by atoms with van der Waals surface area (Å²) in [5, 5.41) is 25.2. The molecule has 3 N–H and O–H groups in total. The lowest BCUT2D eigenvalue weighted by molar-refractivity contribution is -0.123. The van der Waals surface area contributed by atoms with Crippen LogP contribution in [0.25, 0.3) is 0 Å². The predicted octanol–water partition coefficient (Wildman–Crippen LogP) is 2.37. The predicted molar refractivity (Wildman–Crippen MR) is 96.1 cm³/mol. The molecule has 0 aromatic heterocycles. The molecular weight excluding hydrogens is 328 g/mol. The van der Waals surface area contributed by atoms with Crippen LogP contribution >= 0.6 is 0 Å². The summed E-state index contributed by atoms with van der Waals surface area (Å²) in [4.78, 5) is 10.3. The van der Waals surface area contributed by atoms with Crippen molar-refractivity contribution in [2.45, 2.75) is 47.0 Å². The molecule has 1 atom stereocenters. The Morgan fingerprint density at radius 2 is 1.60 bits per heavy atom. The highest BCUT2D eigenvalue weighted by Crippen LogP contribution is 2.25. The van der Waals surface area contributed by atoms with E-state index in [-0.39, 0.29) is 18.6 Å². The second kappa shape index (κ2) is 17.2. The van der Waals surface area contributed by atoms with E-state index in [4.69, 9.17) is 24.4 Å². The standard InChI is InChI=1S/C9H10O3.C6H14O2.C3H8O2/c1-2-12-9-5-7(6-10)3-4-8(9)11;1-4-7-6(3)8-5-2;1-3(5)2-4/h3-6,11H,2H2,1H3;6H,4-5H2,1-3H3;3-5H,2H2,1H3. The lowest BCUT2D eigenvalue weighted by Crippen LogP contribution is -2.11. The molecule has 0 amide bonds. The number of aromatic hydroxyl groups is 1. The molecule has 0 aliphatic rings. The quantitative estimate of drug-likeness (QED) is 0.483. The third-order valence-corrected chi connectivity index (χ3v) is 2.49. The Bertz CT molecular complexity index is 429. The average Bonchev–Trinajstić information content (AvgIpc) is 2.58. The van der Waals surface area contributed by atoms with Gasteiger partial charge in [0, 0.05) is 18.8 Å². The monoisotopic (exact) mass is 360 g/mol. The van der Waals surface area contributed by atoms with Crippen LogP contribution in [-0.2, 0) is 9.47 Å². The van der Waals surface area contributed by atoms with Gasteiger partial charge in [0.25, 0.3) is 0 Å². The molecule has 0 spiro atoms. The van der Waals surface area contributed by atoms with Crippen LogP contribution in [-0.4, -0.2) is 60.4 Å². The van der Waals surface area contributed by atoms with Crippen LogP contribution < -0.4 is 4.74 Å². The first-order valence-corrected chi connectivity index (χ1v) is 8.29. The number of hydrogen-bond acceptors (Lipinski definition) is 7. The molecule has 1 unspecified atom stereocenters. The Morgan fingerprint density at radius 1 is 1.08 bits per heavy atom. The summed E-state index contributed by atoms with van der Waals surface area (Å²) in [5.41, 5.74) is 0.497. The van der Waals surface area contributed by atoms with Crippen molar-refractivity contribution in [2.24, 2.45) is 0 Å². The van der Waals surface area contributed by atoms with E-state index in [0.29, 0.717) is 24.2 Å². The van der Waals surface area contributed by atoms with Crippen molar-refractivity contribution in [3.63, 3.8) is 0 Å². The van der Waals surface area contributed by atoms with E-state index in [1.807, 2.05) is 27.7 Å². The Balaban J connectivity index is 0. The zero-order valence-corrected chi connectivity index (χ0v) is 15.8. The maximum atomic E-state index is 10.3. The van der Waals surface area contributed by atoms with E-state index in [1.54, 1.807) is 0 Å². The van der Waals surface area contributed by atoms with Gasteiger partial charge in [-0.1, -0.05) is 0 Å². The molecule has 1 aromatic rings. The molecule has 0 radical (unpaired) electrons. The first kappa shape index (κ1) is 25.6. The number of aliphatic hydroxyl groups is 2. The summed E-state index contributed by atoms with van der Waals surface area (Å²) in [5.74, 6) is 0.407. The van der Waals surface area contributed by atoms with E-state index in [9.17, 15) is 9.90 Å². The van der Waals surface area contributed by atoms with Gasteiger partial charge in [0.1, 0.15) is 6.29 Å². The Labute approximate surface area is 150 Å². The lowest BCUT2D eigenvalue weighted by atomic mass is 10.2. The van der Waals surface area contributed by atoms with Crippen LogP contribution in [0.1, 0.15) is 45.0 Å². The molecular formula is C18H32O7. The lowest BCUT2D eigenvalue weighted by Gasteiger charge is -2.09. The van der Waals surface area contributed by atoms with Crippen LogP contribution in [0, 0.1) is 0 Å². The average molecular weight is 360 g/mol. The van der Waals surface area contributed by atoms with Crippen LogP contribution in [0.5, 0.6) is 11.5 Å². The van der Waals surface area contributed by atoms with Crippen LogP contribution in [0.15, 0.2) is 18.2 Å². The Morgan fingerprint density at radius 3 is 1.96 bits per heavy atom. The molecule has 0 fully saturated rings. The van der Waals surface area contributed by atoms with Gasteiger partial charge in [-0.15, -0.1) is 0 Å². The number of rotatable bonds is 8. The molecule has 25 heavy (non-hydrogen) atoms. The number of phenolic OH excluding ortho intramolecular Hbond substituents is 1. The molecule has 1 rings (SSSR count). The Hall–Kier alpha value is -1.67. The van der Waals surface area contributed by atoms with E-state index in [2.05, 4.69) is 0 Å². The summed E-state index contributed by atoms with van der Waals surface area (Å²) >= 11 is 0. The smallest absolute Gasteiger partial charge is 0.161 e. The molecule has 146 valence electrons. The first-order chi connectivity index (χ1) is 11.9. The van der Waals surface area contributed by atoms with Gasteiger partial charge in [0.2, 0.25) is 0 Å². The van der Waals surface area contributed by atoms with Gasteiger partial charge in [0.05, 0.1) is 19.3 Å². The highest BCUT2D eigenvalue weighted by Gasteiger charge is 2.01. The molecule has 0 bridgehead atoms. The summed E-state index contributed by atoms with van der Waals surface area (Å²) in [6.07, 6.45) is 0.113. The van der Waals surface area contributed by atoms with Crippen molar-refractivity contribution in [1.82, 2.24) is 0 Å². The van der Waals surface area contributed by atoms with Gasteiger partial charge in [0.15, 0.2) is 17.8 Å². The molecule has 7 nitrogen and oxygen atoms in total. The third kappa shape index (κ3) is 15.6. The second-order valence-corrected chi connectivity index (χ2v) is 4.79. The van der Waals surface area contributed by atoms with Crippen molar-refractivity contribution in [3.8, 4) is 11.5 Å². The topological polar surface area (TPSA) is 105 Å². The minimum absolute atomic E-state index is 0.0370. The molecule has 0 heterocycles. The second-order valence-electron chi connectivity index (χ2n) is 4.79. The summed E-state index contributed by atoms with van der Waals surface area (Å²) in [6, 6.07) is 4.48. The summed E-state index contributed by atoms with van der Waals surface area (Å²) in [6.45, 7) is 10.9. The van der Waals surface area contributed by atoms with Gasteiger partial charge in [-0.3, -0.25) is 4.79 Å². The van der Waals surface area contributed by atoms with Crippen molar-refractivity contribution >= 4 is 6.29 Å². The van der Waals surface area contributed by atoms with Gasteiger partial charge < -0.3 is 29.5 Å². The van der Waals surface area contributed by atoms with Gasteiger partial charge in [-0.25, -0.2) is 0 Å². The minimum atomic E-state index is -0.560. The molecule has 0 saturated carbocycles. The number of carbonyl (C=O) groups excluding carboxylic acids is 1. The van der Waals surface area contributed by atoms with Crippen molar-refractivity contribution in [2.75, 3.05) is 26.4 Å². The normalized spacial score (nSPS) is 10.9. The van der Waals surface area contributed by atoms with Gasteiger partial charge in [-0.05, 0) is 52.8 Å². The number of benzene rings is 1. The van der Waals surface area contributed by atoms with Crippen molar-refractivity contribution in [3.05, 3.63) is 23.8 Å². The fourth-order valence-corrected chi connectivity index (χ4v) is 1.39. The fourth-order valence-electron chi connectivity index (χ4n) is 1.39. The van der Waals surface area contributed by atoms with Crippen molar-refractivity contribution < 1.29 is 34.3 Å². The molecule has 0 saturated heterocycles. The minimum Gasteiger partial charge on any atom is -0.504 e. The number of aliphatic hydroxyl groups excluding tert-OH is 2. The van der Waals surface area contributed by atoms with Gasteiger partial charge >= 0.3 is 0 Å². The number of phenols is 1. The van der Waals surface area contributed by atoms with Crippen LogP contribution in [0.3, 0.4) is 0 Å². The third-order valence-electron chi connectivity index (χ3n) is 2.49. The van der Waals surface area contributed by atoms with Crippen molar-refractivity contribution in [1.29, 1.82) is 0 Å². The van der Waals surface area contributed by atoms with Crippen LogP contribution in [0.2, 0.25) is 0 Å². The van der Waals surface area contributed by atoms with Crippen LogP contribution in [0.4, 0.5) is 0 Å². The zero-order valence-electron chi connectivity index (χ0n) is 15.8. The molecule has 7 heteroatoms.